The van der Waals surface area contributed by atoms with Gasteiger partial charge in [0, 0.05) is 52.1 Å². The molecule has 3 aliphatic rings. The van der Waals surface area contributed by atoms with Crippen LogP contribution in [-0.2, 0) is 9.47 Å². The highest BCUT2D eigenvalue weighted by molar-refractivity contribution is 4.91. The predicted molar refractivity (Wildman–Crippen MR) is 84.6 cm³/mol. The summed E-state index contributed by atoms with van der Waals surface area (Å²) in [5.74, 6) is 0.831. The van der Waals surface area contributed by atoms with Crippen LogP contribution in [0.1, 0.15) is 38.5 Å². The van der Waals surface area contributed by atoms with E-state index in [4.69, 9.17) is 9.47 Å². The number of hydrogen-bond donors (Lipinski definition) is 1. The summed E-state index contributed by atoms with van der Waals surface area (Å²) in [6.07, 6.45) is 7.66. The van der Waals surface area contributed by atoms with Crippen LogP contribution in [0.2, 0.25) is 0 Å². The lowest BCUT2D eigenvalue weighted by molar-refractivity contribution is -0.00702. The van der Waals surface area contributed by atoms with Crippen molar-refractivity contribution in [2.24, 2.45) is 11.3 Å². The van der Waals surface area contributed by atoms with Gasteiger partial charge in [0.1, 0.15) is 0 Å². The van der Waals surface area contributed by atoms with E-state index in [0.29, 0.717) is 5.41 Å². The highest BCUT2D eigenvalue weighted by atomic mass is 16.5. The second kappa shape index (κ2) is 7.40. The Morgan fingerprint density at radius 3 is 2.33 bits per heavy atom. The molecular weight excluding hydrogens is 264 g/mol. The molecule has 2 heterocycles. The van der Waals surface area contributed by atoms with Gasteiger partial charge >= 0.3 is 0 Å². The average Bonchev–Trinajstić information content (AvgIpc) is 3.31. The zero-order valence-electron chi connectivity index (χ0n) is 13.6. The molecule has 1 N–H and O–H groups in total. The maximum absolute atomic E-state index is 5.62. The molecule has 2 aliphatic heterocycles. The van der Waals surface area contributed by atoms with E-state index in [2.05, 4.69) is 17.3 Å². The largest absolute Gasteiger partial charge is 0.381 e. The summed E-state index contributed by atoms with van der Waals surface area (Å²) < 4.78 is 11.1. The van der Waals surface area contributed by atoms with Crippen LogP contribution in [0.25, 0.3) is 0 Å². The molecule has 0 radical (unpaired) electrons. The van der Waals surface area contributed by atoms with E-state index in [1.54, 1.807) is 0 Å². The minimum absolute atomic E-state index is 0.431. The average molecular weight is 296 g/mol. The second-order valence-corrected chi connectivity index (χ2v) is 7.52. The van der Waals surface area contributed by atoms with Crippen molar-refractivity contribution in [1.82, 2.24) is 10.2 Å². The maximum atomic E-state index is 5.62. The SMILES string of the molecule is CN(CC1CCOCC1)CC1(CNC2CC2)CCOCC1. The Morgan fingerprint density at radius 2 is 1.67 bits per heavy atom. The van der Waals surface area contributed by atoms with Crippen molar-refractivity contribution < 1.29 is 9.47 Å². The van der Waals surface area contributed by atoms with E-state index in [0.717, 1.165) is 38.4 Å². The van der Waals surface area contributed by atoms with Crippen molar-refractivity contribution in [3.8, 4) is 0 Å². The first-order valence-corrected chi connectivity index (χ1v) is 8.83. The Balaban J connectivity index is 1.49. The van der Waals surface area contributed by atoms with Crippen LogP contribution in [0.3, 0.4) is 0 Å². The molecule has 0 unspecified atom stereocenters. The molecule has 1 saturated carbocycles. The summed E-state index contributed by atoms with van der Waals surface area (Å²) in [5.41, 5.74) is 0.431. The van der Waals surface area contributed by atoms with E-state index >= 15 is 0 Å². The molecule has 0 aromatic heterocycles. The highest BCUT2D eigenvalue weighted by Crippen LogP contribution is 2.32. The minimum atomic E-state index is 0.431. The van der Waals surface area contributed by atoms with Gasteiger partial charge in [0.25, 0.3) is 0 Å². The Labute approximate surface area is 129 Å². The zero-order valence-corrected chi connectivity index (χ0v) is 13.6. The summed E-state index contributed by atoms with van der Waals surface area (Å²) in [6.45, 7) is 7.43. The van der Waals surface area contributed by atoms with Gasteiger partial charge in [-0.1, -0.05) is 0 Å². The van der Waals surface area contributed by atoms with Gasteiger partial charge in [0.2, 0.25) is 0 Å². The molecule has 3 fully saturated rings. The van der Waals surface area contributed by atoms with Crippen LogP contribution < -0.4 is 5.32 Å². The number of nitrogens with zero attached hydrogens (tertiary/aromatic N) is 1. The Bertz CT molecular complexity index is 308. The monoisotopic (exact) mass is 296 g/mol. The maximum Gasteiger partial charge on any atom is 0.0472 e. The van der Waals surface area contributed by atoms with E-state index in [1.807, 2.05) is 0 Å². The standard InChI is InChI=1S/C17H32N2O2/c1-19(12-15-4-8-20-9-5-15)14-17(6-10-21-11-7-17)13-18-16-2-3-16/h15-16,18H,2-14H2,1H3. The molecule has 0 aromatic rings. The first-order chi connectivity index (χ1) is 10.3. The summed E-state index contributed by atoms with van der Waals surface area (Å²) >= 11 is 0. The number of nitrogens with one attached hydrogen (secondary N) is 1. The Morgan fingerprint density at radius 1 is 1.00 bits per heavy atom. The third kappa shape index (κ3) is 4.92. The van der Waals surface area contributed by atoms with Crippen LogP contribution in [-0.4, -0.2) is 64.1 Å². The Hall–Kier alpha value is -0.160. The quantitative estimate of drug-likeness (QED) is 0.778. The molecule has 0 atom stereocenters. The molecule has 21 heavy (non-hydrogen) atoms. The third-order valence-electron chi connectivity index (χ3n) is 5.41. The van der Waals surface area contributed by atoms with Crippen molar-refractivity contribution in [1.29, 1.82) is 0 Å². The molecule has 4 nitrogen and oxygen atoms in total. The lowest BCUT2D eigenvalue weighted by Crippen LogP contribution is -2.48. The second-order valence-electron chi connectivity index (χ2n) is 7.52. The molecule has 3 rings (SSSR count). The smallest absolute Gasteiger partial charge is 0.0472 e. The first-order valence-electron chi connectivity index (χ1n) is 8.83. The third-order valence-corrected chi connectivity index (χ3v) is 5.41. The van der Waals surface area contributed by atoms with Gasteiger partial charge in [-0.05, 0) is 56.9 Å². The van der Waals surface area contributed by atoms with Gasteiger partial charge in [0.15, 0.2) is 0 Å². The molecule has 1 aliphatic carbocycles. The fourth-order valence-corrected chi connectivity index (χ4v) is 3.85. The predicted octanol–water partition coefficient (Wildman–Crippen LogP) is 1.89. The van der Waals surface area contributed by atoms with Crippen molar-refractivity contribution >= 4 is 0 Å². The van der Waals surface area contributed by atoms with Crippen molar-refractivity contribution in [3.05, 3.63) is 0 Å². The van der Waals surface area contributed by atoms with Crippen LogP contribution >= 0.6 is 0 Å². The molecule has 4 heteroatoms. The molecule has 0 bridgehead atoms. The van der Waals surface area contributed by atoms with Gasteiger partial charge in [-0.25, -0.2) is 0 Å². The molecule has 0 amide bonds. The summed E-state index contributed by atoms with van der Waals surface area (Å²) in [4.78, 5) is 2.58. The van der Waals surface area contributed by atoms with Crippen molar-refractivity contribution in [2.75, 3.05) is 53.1 Å². The van der Waals surface area contributed by atoms with Crippen LogP contribution in [0, 0.1) is 11.3 Å². The van der Waals surface area contributed by atoms with Gasteiger partial charge in [-0.2, -0.15) is 0 Å². The molecule has 0 spiro atoms. The number of ether oxygens (including phenoxy) is 2. The van der Waals surface area contributed by atoms with Crippen molar-refractivity contribution in [3.63, 3.8) is 0 Å². The number of rotatable bonds is 7. The lowest BCUT2D eigenvalue weighted by atomic mass is 9.79. The zero-order chi connectivity index (χ0) is 14.5. The Kier molecular flexibility index (Phi) is 5.54. The molecule has 122 valence electrons. The summed E-state index contributed by atoms with van der Waals surface area (Å²) in [7, 11) is 2.31. The number of hydrogen-bond acceptors (Lipinski definition) is 4. The molecular formula is C17H32N2O2. The topological polar surface area (TPSA) is 33.7 Å². The van der Waals surface area contributed by atoms with Gasteiger partial charge in [-0.3, -0.25) is 0 Å². The van der Waals surface area contributed by atoms with Gasteiger partial charge < -0.3 is 19.7 Å². The first kappa shape index (κ1) is 15.7. The lowest BCUT2D eigenvalue weighted by Gasteiger charge is -2.41. The summed E-state index contributed by atoms with van der Waals surface area (Å²) in [5, 5.41) is 3.77. The van der Waals surface area contributed by atoms with Gasteiger partial charge in [0.05, 0.1) is 0 Å². The fraction of sp³-hybridized carbons (Fsp3) is 1.00. The minimum Gasteiger partial charge on any atom is -0.381 e. The van der Waals surface area contributed by atoms with Crippen LogP contribution in [0.5, 0.6) is 0 Å². The normalized spacial score (nSPS) is 27.1. The summed E-state index contributed by atoms with van der Waals surface area (Å²) in [6, 6.07) is 0.811. The van der Waals surface area contributed by atoms with Gasteiger partial charge in [-0.15, -0.1) is 0 Å². The van der Waals surface area contributed by atoms with Crippen LogP contribution in [0.4, 0.5) is 0 Å². The van der Waals surface area contributed by atoms with Crippen LogP contribution in [0.15, 0.2) is 0 Å². The van der Waals surface area contributed by atoms with E-state index < -0.39 is 0 Å². The van der Waals surface area contributed by atoms with E-state index in [9.17, 15) is 0 Å². The molecule has 2 saturated heterocycles. The molecule has 0 aromatic carbocycles. The van der Waals surface area contributed by atoms with E-state index in [1.165, 1.54) is 58.2 Å². The highest BCUT2D eigenvalue weighted by Gasteiger charge is 2.35. The van der Waals surface area contributed by atoms with Crippen molar-refractivity contribution in [2.45, 2.75) is 44.6 Å². The fourth-order valence-electron chi connectivity index (χ4n) is 3.85. The van der Waals surface area contributed by atoms with E-state index in [-0.39, 0.29) is 0 Å².